The Kier molecular flexibility index (Phi) is 5.25. The van der Waals surface area contributed by atoms with Gasteiger partial charge in [0.05, 0.1) is 7.11 Å². The highest BCUT2D eigenvalue weighted by Gasteiger charge is 2.12. The van der Waals surface area contributed by atoms with Crippen LogP contribution in [-0.2, 0) is 6.42 Å². The van der Waals surface area contributed by atoms with E-state index in [1.807, 2.05) is 6.92 Å². The van der Waals surface area contributed by atoms with Crippen LogP contribution in [0.1, 0.15) is 12.5 Å². The minimum Gasteiger partial charge on any atom is -0.504 e. The standard InChI is InChI=1S/C10H15NO3.ClH/c1-6(11)5-7-3-4-8(14-2)10(13)9(7)12;/h3-4,6,12-13H,5,11H2,1-2H3;1H. The lowest BCUT2D eigenvalue weighted by Crippen LogP contribution is -2.17. The Balaban J connectivity index is 0.00000196. The third-order valence-electron chi connectivity index (χ3n) is 1.96. The monoisotopic (exact) mass is 233 g/mol. The molecular formula is C10H16ClNO3. The van der Waals surface area contributed by atoms with Crippen LogP contribution in [0.2, 0.25) is 0 Å². The second-order valence-corrected chi connectivity index (χ2v) is 3.31. The zero-order valence-corrected chi connectivity index (χ0v) is 9.54. The van der Waals surface area contributed by atoms with Crippen LogP contribution in [0.3, 0.4) is 0 Å². The van der Waals surface area contributed by atoms with Crippen molar-refractivity contribution in [2.75, 3.05) is 7.11 Å². The summed E-state index contributed by atoms with van der Waals surface area (Å²) in [6.07, 6.45) is 0.517. The van der Waals surface area contributed by atoms with Crippen molar-refractivity contribution in [3.05, 3.63) is 17.7 Å². The Bertz CT molecular complexity index is 329. The van der Waals surface area contributed by atoms with E-state index in [-0.39, 0.29) is 35.7 Å². The van der Waals surface area contributed by atoms with E-state index in [2.05, 4.69) is 0 Å². The molecule has 0 saturated carbocycles. The summed E-state index contributed by atoms with van der Waals surface area (Å²) in [6, 6.07) is 3.23. The molecule has 0 aliphatic heterocycles. The van der Waals surface area contributed by atoms with E-state index in [0.29, 0.717) is 12.0 Å². The molecule has 1 rings (SSSR count). The molecule has 86 valence electrons. The molecule has 0 amide bonds. The summed E-state index contributed by atoms with van der Waals surface area (Å²) < 4.78 is 4.84. The SMILES string of the molecule is COc1ccc(CC(C)N)c(O)c1O.Cl. The molecule has 1 unspecified atom stereocenters. The molecule has 4 N–H and O–H groups in total. The predicted molar refractivity (Wildman–Crippen MR) is 60.9 cm³/mol. The van der Waals surface area contributed by atoms with Crippen LogP contribution >= 0.6 is 12.4 Å². The van der Waals surface area contributed by atoms with E-state index in [4.69, 9.17) is 10.5 Å². The molecule has 0 heterocycles. The van der Waals surface area contributed by atoms with E-state index in [9.17, 15) is 10.2 Å². The average Bonchev–Trinajstić information content (AvgIpc) is 2.13. The number of phenolic OH excluding ortho intramolecular Hbond substituents is 2. The van der Waals surface area contributed by atoms with Crippen molar-refractivity contribution in [2.24, 2.45) is 5.73 Å². The second-order valence-electron chi connectivity index (χ2n) is 3.31. The number of methoxy groups -OCH3 is 1. The number of benzene rings is 1. The first-order valence-electron chi connectivity index (χ1n) is 4.39. The fraction of sp³-hybridized carbons (Fsp3) is 0.400. The van der Waals surface area contributed by atoms with Gasteiger partial charge in [0.1, 0.15) is 0 Å². The first-order valence-corrected chi connectivity index (χ1v) is 4.39. The van der Waals surface area contributed by atoms with Gasteiger partial charge in [0.25, 0.3) is 0 Å². The Morgan fingerprint density at radius 3 is 2.40 bits per heavy atom. The Morgan fingerprint density at radius 2 is 1.93 bits per heavy atom. The van der Waals surface area contributed by atoms with Crippen molar-refractivity contribution in [2.45, 2.75) is 19.4 Å². The number of rotatable bonds is 3. The van der Waals surface area contributed by atoms with E-state index < -0.39 is 0 Å². The van der Waals surface area contributed by atoms with Crippen LogP contribution in [-0.4, -0.2) is 23.4 Å². The Labute approximate surface area is 95.1 Å². The zero-order valence-electron chi connectivity index (χ0n) is 8.73. The summed E-state index contributed by atoms with van der Waals surface area (Å²) in [7, 11) is 1.43. The first-order chi connectivity index (χ1) is 6.56. The van der Waals surface area contributed by atoms with Crippen LogP contribution in [0.25, 0.3) is 0 Å². The molecule has 0 fully saturated rings. The van der Waals surface area contributed by atoms with E-state index in [1.165, 1.54) is 7.11 Å². The molecule has 5 heteroatoms. The lowest BCUT2D eigenvalue weighted by molar-refractivity contribution is 0.348. The van der Waals surface area contributed by atoms with Crippen molar-refractivity contribution in [3.8, 4) is 17.2 Å². The summed E-state index contributed by atoms with van der Waals surface area (Å²) in [5.74, 6) is -0.122. The molecule has 1 aromatic rings. The van der Waals surface area contributed by atoms with Crippen molar-refractivity contribution in [1.29, 1.82) is 0 Å². The molecule has 15 heavy (non-hydrogen) atoms. The molecular weight excluding hydrogens is 218 g/mol. The van der Waals surface area contributed by atoms with Gasteiger partial charge in [0.2, 0.25) is 5.75 Å². The van der Waals surface area contributed by atoms with Crippen molar-refractivity contribution in [1.82, 2.24) is 0 Å². The molecule has 0 aromatic heterocycles. The summed E-state index contributed by atoms with van der Waals surface area (Å²) in [5, 5.41) is 19.0. The van der Waals surface area contributed by atoms with Crippen molar-refractivity contribution in [3.63, 3.8) is 0 Å². The fourth-order valence-corrected chi connectivity index (χ4v) is 1.28. The molecule has 0 bridgehead atoms. The van der Waals surface area contributed by atoms with Crippen LogP contribution < -0.4 is 10.5 Å². The number of phenols is 2. The maximum Gasteiger partial charge on any atom is 0.200 e. The van der Waals surface area contributed by atoms with Gasteiger partial charge in [-0.2, -0.15) is 0 Å². The van der Waals surface area contributed by atoms with Gasteiger partial charge in [-0.15, -0.1) is 12.4 Å². The highest BCUT2D eigenvalue weighted by molar-refractivity contribution is 5.85. The maximum absolute atomic E-state index is 9.57. The summed E-state index contributed by atoms with van der Waals surface area (Å²) in [6.45, 7) is 1.83. The van der Waals surface area contributed by atoms with Crippen LogP contribution in [0, 0.1) is 0 Å². The quantitative estimate of drug-likeness (QED) is 0.691. The minimum absolute atomic E-state index is 0. The van der Waals surface area contributed by atoms with Crippen LogP contribution in [0.5, 0.6) is 17.2 Å². The topological polar surface area (TPSA) is 75.7 Å². The van der Waals surface area contributed by atoms with E-state index >= 15 is 0 Å². The molecule has 0 spiro atoms. The fourth-order valence-electron chi connectivity index (χ4n) is 1.28. The van der Waals surface area contributed by atoms with Gasteiger partial charge in [-0.05, 0) is 25.0 Å². The predicted octanol–water partition coefficient (Wildman–Crippen LogP) is 1.42. The number of ether oxygens (including phenoxy) is 1. The third kappa shape index (κ3) is 3.18. The van der Waals surface area contributed by atoms with Crippen molar-refractivity contribution < 1.29 is 14.9 Å². The summed E-state index contributed by atoms with van der Waals surface area (Å²) in [5.41, 5.74) is 6.21. The minimum atomic E-state index is -0.231. The summed E-state index contributed by atoms with van der Waals surface area (Å²) >= 11 is 0. The summed E-state index contributed by atoms with van der Waals surface area (Å²) in [4.78, 5) is 0. The highest BCUT2D eigenvalue weighted by atomic mass is 35.5. The van der Waals surface area contributed by atoms with Gasteiger partial charge >= 0.3 is 0 Å². The molecule has 0 aliphatic rings. The van der Waals surface area contributed by atoms with Gasteiger partial charge in [0, 0.05) is 6.04 Å². The van der Waals surface area contributed by atoms with Gasteiger partial charge < -0.3 is 20.7 Å². The Hall–Kier alpha value is -1.13. The molecule has 0 radical (unpaired) electrons. The number of hydrogen-bond acceptors (Lipinski definition) is 4. The first kappa shape index (κ1) is 13.9. The number of nitrogens with two attached hydrogens (primary N) is 1. The zero-order chi connectivity index (χ0) is 10.7. The second kappa shape index (κ2) is 5.68. The van der Waals surface area contributed by atoms with E-state index in [0.717, 1.165) is 0 Å². The van der Waals surface area contributed by atoms with Gasteiger partial charge in [-0.3, -0.25) is 0 Å². The largest absolute Gasteiger partial charge is 0.504 e. The third-order valence-corrected chi connectivity index (χ3v) is 1.96. The average molecular weight is 234 g/mol. The smallest absolute Gasteiger partial charge is 0.200 e. The lowest BCUT2D eigenvalue weighted by Gasteiger charge is -2.11. The van der Waals surface area contributed by atoms with Crippen molar-refractivity contribution >= 4 is 12.4 Å². The number of halogens is 1. The number of aromatic hydroxyl groups is 2. The van der Waals surface area contributed by atoms with E-state index in [1.54, 1.807) is 12.1 Å². The molecule has 0 aliphatic carbocycles. The molecule has 1 aromatic carbocycles. The molecule has 4 nitrogen and oxygen atoms in total. The highest BCUT2D eigenvalue weighted by Crippen LogP contribution is 2.37. The number of hydrogen-bond donors (Lipinski definition) is 3. The molecule has 0 saturated heterocycles. The van der Waals surface area contributed by atoms with Crippen LogP contribution in [0.4, 0.5) is 0 Å². The normalized spacial score (nSPS) is 11.7. The maximum atomic E-state index is 9.57. The molecule has 1 atom stereocenters. The van der Waals surface area contributed by atoms with Crippen LogP contribution in [0.15, 0.2) is 12.1 Å². The lowest BCUT2D eigenvalue weighted by atomic mass is 10.1. The van der Waals surface area contributed by atoms with Gasteiger partial charge in [0.15, 0.2) is 11.5 Å². The van der Waals surface area contributed by atoms with Gasteiger partial charge in [-0.1, -0.05) is 6.07 Å². The Morgan fingerprint density at radius 1 is 1.33 bits per heavy atom. The van der Waals surface area contributed by atoms with Gasteiger partial charge in [-0.25, -0.2) is 0 Å².